The number of hydrogen-bond donors (Lipinski definition) is 2. The molecule has 1 heterocycles. The Morgan fingerprint density at radius 2 is 1.53 bits per heavy atom. The van der Waals surface area contributed by atoms with E-state index in [4.69, 9.17) is 0 Å². The molecular formula is C15H16N2. The molecule has 0 aromatic heterocycles. The first-order chi connectivity index (χ1) is 8.43. The van der Waals surface area contributed by atoms with Crippen molar-refractivity contribution in [1.29, 1.82) is 0 Å². The van der Waals surface area contributed by atoms with Gasteiger partial charge in [-0.1, -0.05) is 48.5 Å². The molecule has 1 unspecified atom stereocenters. The van der Waals surface area contributed by atoms with Crippen LogP contribution in [0.2, 0.25) is 0 Å². The second-order valence-electron chi connectivity index (χ2n) is 4.41. The van der Waals surface area contributed by atoms with Gasteiger partial charge >= 0.3 is 0 Å². The number of benzene rings is 2. The largest absolute Gasteiger partial charge is 0.383 e. The molecule has 0 radical (unpaired) electrons. The Morgan fingerprint density at radius 3 is 2.24 bits per heavy atom. The topological polar surface area (TPSA) is 34.0 Å². The summed E-state index contributed by atoms with van der Waals surface area (Å²) < 4.78 is 0. The second-order valence-corrected chi connectivity index (χ2v) is 4.41. The fourth-order valence-corrected chi connectivity index (χ4v) is 2.12. The monoisotopic (exact) mass is 224 g/mol. The molecule has 2 aromatic rings. The van der Waals surface area contributed by atoms with E-state index >= 15 is 0 Å². The van der Waals surface area contributed by atoms with E-state index in [1.807, 2.05) is 6.07 Å². The summed E-state index contributed by atoms with van der Waals surface area (Å²) in [6, 6.07) is 22.0. The SMILES string of the molecule is c1ccc(NC[C@@H]2NC2c2ccccc2)cc1. The first kappa shape index (κ1) is 10.4. The predicted octanol–water partition coefficient (Wildman–Crippen LogP) is 2.81. The number of nitrogens with one attached hydrogen (secondary N) is 2. The summed E-state index contributed by atoms with van der Waals surface area (Å²) in [6.07, 6.45) is 0. The fourth-order valence-electron chi connectivity index (χ4n) is 2.12. The van der Waals surface area contributed by atoms with Gasteiger partial charge in [0.05, 0.1) is 0 Å². The van der Waals surface area contributed by atoms with Crippen molar-refractivity contribution in [2.45, 2.75) is 12.1 Å². The first-order valence-corrected chi connectivity index (χ1v) is 6.03. The lowest BCUT2D eigenvalue weighted by Crippen LogP contribution is -2.10. The standard InChI is InChI=1S/C15H16N2/c1-3-7-12(8-4-1)15-14(17-15)11-16-13-9-5-2-6-10-13/h1-10,14-17H,11H2/t14-,15?/m0/s1. The normalized spacial score (nSPS) is 22.1. The second kappa shape index (κ2) is 4.60. The number of anilines is 1. The minimum absolute atomic E-state index is 0.521. The van der Waals surface area contributed by atoms with Gasteiger partial charge in [-0.3, -0.25) is 0 Å². The highest BCUT2D eigenvalue weighted by atomic mass is 15.2. The molecule has 1 fully saturated rings. The van der Waals surface area contributed by atoms with E-state index in [0.717, 1.165) is 6.54 Å². The van der Waals surface area contributed by atoms with Gasteiger partial charge in [0.2, 0.25) is 0 Å². The lowest BCUT2D eigenvalue weighted by Gasteiger charge is -2.04. The Balaban J connectivity index is 1.53. The van der Waals surface area contributed by atoms with Gasteiger partial charge in [-0.2, -0.15) is 0 Å². The highest BCUT2D eigenvalue weighted by Crippen LogP contribution is 2.29. The summed E-state index contributed by atoms with van der Waals surface area (Å²) >= 11 is 0. The van der Waals surface area contributed by atoms with Crippen molar-refractivity contribution in [3.63, 3.8) is 0 Å². The Morgan fingerprint density at radius 1 is 0.882 bits per heavy atom. The molecule has 17 heavy (non-hydrogen) atoms. The minimum Gasteiger partial charge on any atom is -0.383 e. The van der Waals surface area contributed by atoms with E-state index < -0.39 is 0 Å². The third-order valence-corrected chi connectivity index (χ3v) is 3.15. The van der Waals surface area contributed by atoms with Crippen molar-refractivity contribution >= 4 is 5.69 Å². The molecule has 0 saturated carbocycles. The smallest absolute Gasteiger partial charge is 0.0496 e. The summed E-state index contributed by atoms with van der Waals surface area (Å²) in [6.45, 7) is 0.976. The van der Waals surface area contributed by atoms with Crippen LogP contribution in [0.25, 0.3) is 0 Å². The van der Waals surface area contributed by atoms with Crippen molar-refractivity contribution in [2.75, 3.05) is 11.9 Å². The summed E-state index contributed by atoms with van der Waals surface area (Å²) in [5.74, 6) is 0. The van der Waals surface area contributed by atoms with Gasteiger partial charge in [-0.15, -0.1) is 0 Å². The van der Waals surface area contributed by atoms with Crippen molar-refractivity contribution in [3.05, 3.63) is 66.2 Å². The third kappa shape index (κ3) is 2.48. The molecule has 2 heteroatoms. The number of hydrogen-bond acceptors (Lipinski definition) is 2. The summed E-state index contributed by atoms with van der Waals surface area (Å²) in [7, 11) is 0. The minimum atomic E-state index is 0.521. The van der Waals surface area contributed by atoms with Crippen LogP contribution in [0.3, 0.4) is 0 Å². The zero-order valence-corrected chi connectivity index (χ0v) is 9.64. The maximum atomic E-state index is 3.49. The van der Waals surface area contributed by atoms with Crippen molar-refractivity contribution in [3.8, 4) is 0 Å². The van der Waals surface area contributed by atoms with E-state index in [9.17, 15) is 0 Å². The van der Waals surface area contributed by atoms with Gasteiger partial charge in [0, 0.05) is 24.3 Å². The molecule has 0 amide bonds. The Bertz CT molecular complexity index is 467. The summed E-state index contributed by atoms with van der Waals surface area (Å²) in [5, 5.41) is 6.94. The predicted molar refractivity (Wildman–Crippen MR) is 71.0 cm³/mol. The molecule has 0 bridgehead atoms. The molecule has 2 nitrogen and oxygen atoms in total. The van der Waals surface area contributed by atoms with Gasteiger partial charge < -0.3 is 10.6 Å². The quantitative estimate of drug-likeness (QED) is 0.783. The number of rotatable bonds is 4. The number of para-hydroxylation sites is 1. The Labute approximate surface area is 102 Å². The molecule has 0 spiro atoms. The Hall–Kier alpha value is -1.80. The zero-order chi connectivity index (χ0) is 11.5. The highest BCUT2D eigenvalue weighted by Gasteiger charge is 2.36. The average Bonchev–Trinajstić information content (AvgIpc) is 3.18. The van der Waals surface area contributed by atoms with Crippen LogP contribution in [-0.4, -0.2) is 12.6 Å². The van der Waals surface area contributed by atoms with E-state index in [-0.39, 0.29) is 0 Å². The lowest BCUT2D eigenvalue weighted by atomic mass is 10.1. The van der Waals surface area contributed by atoms with E-state index in [0.29, 0.717) is 12.1 Å². The molecule has 86 valence electrons. The van der Waals surface area contributed by atoms with Crippen LogP contribution >= 0.6 is 0 Å². The summed E-state index contributed by atoms with van der Waals surface area (Å²) in [4.78, 5) is 0. The zero-order valence-electron chi connectivity index (χ0n) is 9.64. The van der Waals surface area contributed by atoms with Crippen LogP contribution in [-0.2, 0) is 0 Å². The molecule has 2 atom stereocenters. The first-order valence-electron chi connectivity index (χ1n) is 6.03. The fraction of sp³-hybridized carbons (Fsp3) is 0.200. The van der Waals surface area contributed by atoms with Crippen LogP contribution in [0.1, 0.15) is 11.6 Å². The van der Waals surface area contributed by atoms with Crippen molar-refractivity contribution in [1.82, 2.24) is 5.32 Å². The summed E-state index contributed by atoms with van der Waals surface area (Å²) in [5.41, 5.74) is 2.57. The maximum absolute atomic E-state index is 3.49. The van der Waals surface area contributed by atoms with Crippen molar-refractivity contribution < 1.29 is 0 Å². The molecule has 3 rings (SSSR count). The van der Waals surface area contributed by atoms with Gasteiger partial charge in [-0.25, -0.2) is 0 Å². The average molecular weight is 224 g/mol. The molecule has 0 aliphatic carbocycles. The van der Waals surface area contributed by atoms with Gasteiger partial charge in [-0.05, 0) is 17.7 Å². The molecular weight excluding hydrogens is 208 g/mol. The van der Waals surface area contributed by atoms with Crippen molar-refractivity contribution in [2.24, 2.45) is 0 Å². The maximum Gasteiger partial charge on any atom is 0.0496 e. The lowest BCUT2D eigenvalue weighted by molar-refractivity contribution is 0.955. The van der Waals surface area contributed by atoms with Crippen LogP contribution < -0.4 is 10.6 Å². The van der Waals surface area contributed by atoms with Crippen LogP contribution in [0, 0.1) is 0 Å². The molecule has 2 aromatic carbocycles. The molecule has 1 aliphatic heterocycles. The molecule has 1 aliphatic rings. The van der Waals surface area contributed by atoms with Crippen LogP contribution in [0.5, 0.6) is 0 Å². The van der Waals surface area contributed by atoms with Gasteiger partial charge in [0.25, 0.3) is 0 Å². The molecule has 1 saturated heterocycles. The van der Waals surface area contributed by atoms with Gasteiger partial charge in [0.15, 0.2) is 0 Å². The van der Waals surface area contributed by atoms with Gasteiger partial charge in [0.1, 0.15) is 0 Å². The Kier molecular flexibility index (Phi) is 2.80. The van der Waals surface area contributed by atoms with E-state index in [1.54, 1.807) is 0 Å². The van der Waals surface area contributed by atoms with E-state index in [1.165, 1.54) is 11.3 Å². The molecule has 2 N–H and O–H groups in total. The highest BCUT2D eigenvalue weighted by molar-refractivity contribution is 5.43. The third-order valence-electron chi connectivity index (χ3n) is 3.15. The van der Waals surface area contributed by atoms with Crippen LogP contribution in [0.15, 0.2) is 60.7 Å². The van der Waals surface area contributed by atoms with E-state index in [2.05, 4.69) is 65.2 Å². The van der Waals surface area contributed by atoms with Crippen LogP contribution in [0.4, 0.5) is 5.69 Å².